The molecular weight excluding hydrogens is 243 g/mol. The zero-order valence-corrected chi connectivity index (χ0v) is 11.8. The van der Waals surface area contributed by atoms with E-state index in [1.807, 2.05) is 6.26 Å². The first kappa shape index (κ1) is 16.4. The Kier molecular flexibility index (Phi) is 10.4. The molecule has 0 spiro atoms. The van der Waals surface area contributed by atoms with Crippen molar-refractivity contribution in [1.82, 2.24) is 10.6 Å². The molecule has 0 radical (unpaired) electrons. The Bertz CT molecular complexity index is 243. The van der Waals surface area contributed by atoms with Gasteiger partial charge >= 0.3 is 29.6 Å². The van der Waals surface area contributed by atoms with Gasteiger partial charge in [0.1, 0.15) is 16.0 Å². The molecule has 0 fully saturated rings. The summed E-state index contributed by atoms with van der Waals surface area (Å²) in [5.41, 5.74) is 0. The summed E-state index contributed by atoms with van der Waals surface area (Å²) in [6.07, 6.45) is 1.86. The number of hydrogen-bond acceptors (Lipinski definition) is 5. The van der Waals surface area contributed by atoms with E-state index in [1.165, 1.54) is 11.8 Å². The van der Waals surface area contributed by atoms with Crippen molar-refractivity contribution >= 4 is 39.2 Å². The van der Waals surface area contributed by atoms with E-state index in [1.54, 1.807) is 0 Å². The van der Waals surface area contributed by atoms with Gasteiger partial charge < -0.3 is 15.2 Å². The maximum absolute atomic E-state index is 10.1. The van der Waals surface area contributed by atoms with Crippen molar-refractivity contribution < 1.29 is 42.5 Å². The number of nitrogens with one attached hydrogen (secondary N) is 2. The molecule has 5 nitrogen and oxygen atoms in total. The van der Waals surface area contributed by atoms with Crippen LogP contribution in [-0.2, 0) is 10.1 Å². The number of rotatable bonds is 4. The Morgan fingerprint density at radius 3 is 2.46 bits per heavy atom. The zero-order chi connectivity index (χ0) is 9.61. The summed E-state index contributed by atoms with van der Waals surface area (Å²) in [7, 11) is -4.24. The Balaban J connectivity index is 0. The van der Waals surface area contributed by atoms with Gasteiger partial charge in [0.15, 0.2) is 5.11 Å². The minimum atomic E-state index is -4.24. The van der Waals surface area contributed by atoms with Gasteiger partial charge in [-0.1, -0.05) is 0 Å². The SMILES string of the molecule is CSCNC(=S)NCS(=O)(=O)[O-].[Na+]. The summed E-state index contributed by atoms with van der Waals surface area (Å²) >= 11 is 6.15. The van der Waals surface area contributed by atoms with Crippen molar-refractivity contribution in [1.29, 1.82) is 0 Å². The van der Waals surface area contributed by atoms with Gasteiger partial charge in [0.25, 0.3) is 0 Å². The fourth-order valence-electron chi connectivity index (χ4n) is 0.354. The summed E-state index contributed by atoms with van der Waals surface area (Å²) in [6, 6.07) is 0. The standard InChI is InChI=1S/C4H10N2O3S3.Na/c1-11-2-5-4(10)6-3-12(7,8)9;/h2-3H2,1H3,(H2,5,6,10)(H,7,8,9);/q;+1/p-1. The Morgan fingerprint density at radius 2 is 2.08 bits per heavy atom. The van der Waals surface area contributed by atoms with E-state index >= 15 is 0 Å². The Labute approximate surface area is 109 Å². The smallest absolute Gasteiger partial charge is 0.747 e. The molecule has 9 heteroatoms. The minimum Gasteiger partial charge on any atom is -0.747 e. The molecule has 0 aromatic carbocycles. The van der Waals surface area contributed by atoms with Gasteiger partial charge in [-0.05, 0) is 18.5 Å². The second-order valence-electron chi connectivity index (χ2n) is 1.82. The summed E-state index contributed by atoms with van der Waals surface area (Å²) in [4.78, 5) is 0. The number of hydrogen-bond donors (Lipinski definition) is 2. The normalized spacial score (nSPS) is 10.0. The fraction of sp³-hybridized carbons (Fsp3) is 0.750. The molecule has 0 unspecified atom stereocenters. The molecule has 0 aliphatic heterocycles. The number of thiocarbonyl (C=S) groups is 1. The molecule has 2 N–H and O–H groups in total. The van der Waals surface area contributed by atoms with Crippen LogP contribution in [0.3, 0.4) is 0 Å². The predicted molar refractivity (Wildman–Crippen MR) is 51.8 cm³/mol. The second kappa shape index (κ2) is 8.27. The first-order chi connectivity index (χ1) is 5.45. The molecule has 0 amide bonds. The summed E-state index contributed by atoms with van der Waals surface area (Å²) in [5.74, 6) is -0.0993. The van der Waals surface area contributed by atoms with Crippen LogP contribution in [-0.4, -0.2) is 36.1 Å². The average Bonchev–Trinajstić information content (AvgIpc) is 1.95. The van der Waals surface area contributed by atoms with Crippen LogP contribution in [0, 0.1) is 0 Å². The third kappa shape index (κ3) is 12.9. The molecule has 0 bridgehead atoms. The van der Waals surface area contributed by atoms with E-state index in [0.29, 0.717) is 5.88 Å². The Morgan fingerprint density at radius 1 is 1.54 bits per heavy atom. The summed E-state index contributed by atoms with van der Waals surface area (Å²) in [6.45, 7) is 0. The van der Waals surface area contributed by atoms with Crippen molar-refractivity contribution in [3.05, 3.63) is 0 Å². The van der Waals surface area contributed by atoms with E-state index in [-0.39, 0.29) is 34.7 Å². The molecule has 0 saturated carbocycles. The third-order valence-electron chi connectivity index (χ3n) is 0.787. The topological polar surface area (TPSA) is 81.3 Å². The second-order valence-corrected chi connectivity index (χ2v) is 4.50. The molecule has 0 rings (SSSR count). The molecule has 0 aliphatic carbocycles. The maximum atomic E-state index is 10.1. The van der Waals surface area contributed by atoms with Gasteiger partial charge in [0.2, 0.25) is 0 Å². The van der Waals surface area contributed by atoms with Crippen LogP contribution in [0.5, 0.6) is 0 Å². The van der Waals surface area contributed by atoms with Crippen LogP contribution in [0.25, 0.3) is 0 Å². The van der Waals surface area contributed by atoms with Crippen molar-refractivity contribution in [2.75, 3.05) is 18.0 Å². The molecule has 0 aliphatic rings. The molecule has 72 valence electrons. The molecular formula is C4H9N2NaO3S3. The summed E-state index contributed by atoms with van der Waals surface area (Å²) in [5, 5.41) is 5.12. The molecule has 0 saturated heterocycles. The molecule has 0 aromatic heterocycles. The molecule has 13 heavy (non-hydrogen) atoms. The molecule has 0 atom stereocenters. The van der Waals surface area contributed by atoms with Crippen molar-refractivity contribution in [2.45, 2.75) is 0 Å². The van der Waals surface area contributed by atoms with Gasteiger partial charge in [-0.15, -0.1) is 11.8 Å². The van der Waals surface area contributed by atoms with Crippen molar-refractivity contribution in [3.63, 3.8) is 0 Å². The van der Waals surface area contributed by atoms with Crippen LogP contribution in [0.4, 0.5) is 0 Å². The van der Waals surface area contributed by atoms with Gasteiger partial charge in [-0.3, -0.25) is 0 Å². The average molecular weight is 252 g/mol. The van der Waals surface area contributed by atoms with E-state index < -0.39 is 16.0 Å². The van der Waals surface area contributed by atoms with Crippen LogP contribution >= 0.6 is 24.0 Å². The quantitative estimate of drug-likeness (QED) is 0.230. The van der Waals surface area contributed by atoms with Crippen molar-refractivity contribution in [3.8, 4) is 0 Å². The van der Waals surface area contributed by atoms with E-state index in [9.17, 15) is 13.0 Å². The number of thioether (sulfide) groups is 1. The minimum absolute atomic E-state index is 0. The van der Waals surface area contributed by atoms with Crippen LogP contribution in [0.1, 0.15) is 0 Å². The largest absolute Gasteiger partial charge is 1.00 e. The first-order valence-electron chi connectivity index (χ1n) is 2.90. The fourth-order valence-corrected chi connectivity index (χ4v) is 1.29. The van der Waals surface area contributed by atoms with Gasteiger partial charge in [0, 0.05) is 0 Å². The van der Waals surface area contributed by atoms with Crippen molar-refractivity contribution in [2.24, 2.45) is 0 Å². The monoisotopic (exact) mass is 252 g/mol. The predicted octanol–water partition coefficient (Wildman–Crippen LogP) is -3.72. The molecule has 0 heterocycles. The summed E-state index contributed by atoms with van der Waals surface area (Å²) < 4.78 is 30.3. The van der Waals surface area contributed by atoms with Crippen LogP contribution < -0.4 is 40.2 Å². The maximum Gasteiger partial charge on any atom is 1.00 e. The van der Waals surface area contributed by atoms with Gasteiger partial charge in [0.05, 0.1) is 5.88 Å². The van der Waals surface area contributed by atoms with E-state index in [0.717, 1.165) is 0 Å². The third-order valence-corrected chi connectivity index (χ3v) is 2.01. The molecule has 0 aromatic rings. The van der Waals surface area contributed by atoms with Gasteiger partial charge in [-0.25, -0.2) is 8.42 Å². The Hall–Kier alpha value is 0.950. The van der Waals surface area contributed by atoms with Gasteiger partial charge in [-0.2, -0.15) is 0 Å². The van der Waals surface area contributed by atoms with E-state index in [2.05, 4.69) is 22.9 Å². The van der Waals surface area contributed by atoms with E-state index in [4.69, 9.17) is 0 Å². The first-order valence-corrected chi connectivity index (χ1v) is 6.28. The van der Waals surface area contributed by atoms with Crippen LogP contribution in [0.2, 0.25) is 0 Å². The zero-order valence-electron chi connectivity index (χ0n) is 7.36. The van der Waals surface area contributed by atoms with Crippen LogP contribution in [0.15, 0.2) is 0 Å².